The molecule has 2 heterocycles. The molecule has 0 aromatic heterocycles. The SMILES string of the molecule is Cc1ccc(C)c(NC(=O)N2CCC3(CC2)C(=O)N(c2ccccc2)C3c2ccccc2)c1. The molecule has 1 N–H and O–H groups in total. The molecule has 3 aromatic rings. The fraction of sp³-hybridized carbons (Fsp3) is 0.286. The highest BCUT2D eigenvalue weighted by atomic mass is 16.2. The highest BCUT2D eigenvalue weighted by Crippen LogP contribution is 2.57. The van der Waals surface area contributed by atoms with Gasteiger partial charge in [-0.3, -0.25) is 4.79 Å². The predicted molar refractivity (Wildman–Crippen MR) is 131 cm³/mol. The lowest BCUT2D eigenvalue weighted by Gasteiger charge is -2.59. The lowest BCUT2D eigenvalue weighted by Crippen LogP contribution is -2.67. The Labute approximate surface area is 195 Å². The topological polar surface area (TPSA) is 52.7 Å². The Morgan fingerprint density at radius 1 is 0.909 bits per heavy atom. The van der Waals surface area contributed by atoms with Gasteiger partial charge in [0.2, 0.25) is 5.91 Å². The van der Waals surface area contributed by atoms with Crippen LogP contribution in [0.15, 0.2) is 78.9 Å². The standard InChI is InChI=1S/C28H29N3O2/c1-20-13-14-21(2)24(19-20)29-27(33)30-17-15-28(16-18-30)25(22-9-5-3-6-10-22)31(26(28)32)23-11-7-4-8-12-23/h3-14,19,25H,15-18H2,1-2H3,(H,29,33). The van der Waals surface area contributed by atoms with Crippen LogP contribution in [0.5, 0.6) is 0 Å². The summed E-state index contributed by atoms with van der Waals surface area (Å²) in [5.74, 6) is 0.164. The number of aryl methyl sites for hydroxylation is 2. The van der Waals surface area contributed by atoms with E-state index in [1.807, 2.05) is 90.4 Å². The number of urea groups is 1. The molecule has 5 rings (SSSR count). The van der Waals surface area contributed by atoms with Crippen LogP contribution in [0.1, 0.15) is 35.6 Å². The first-order chi connectivity index (χ1) is 16.0. The molecule has 0 saturated carbocycles. The van der Waals surface area contributed by atoms with E-state index in [0.29, 0.717) is 25.9 Å². The molecule has 3 aromatic carbocycles. The van der Waals surface area contributed by atoms with Gasteiger partial charge >= 0.3 is 6.03 Å². The first-order valence-electron chi connectivity index (χ1n) is 11.6. The summed E-state index contributed by atoms with van der Waals surface area (Å²) in [6, 6.07) is 26.1. The lowest BCUT2D eigenvalue weighted by molar-refractivity contribution is -0.144. The van der Waals surface area contributed by atoms with Gasteiger partial charge in [-0.15, -0.1) is 0 Å². The molecule has 5 nitrogen and oxygen atoms in total. The Morgan fingerprint density at radius 2 is 1.55 bits per heavy atom. The van der Waals surface area contributed by atoms with Gasteiger partial charge in [0.25, 0.3) is 0 Å². The first kappa shape index (κ1) is 21.3. The van der Waals surface area contributed by atoms with Crippen molar-refractivity contribution in [1.82, 2.24) is 4.90 Å². The summed E-state index contributed by atoms with van der Waals surface area (Å²) >= 11 is 0. The third kappa shape index (κ3) is 3.67. The number of benzene rings is 3. The quantitative estimate of drug-likeness (QED) is 0.532. The molecule has 2 aliphatic rings. The van der Waals surface area contributed by atoms with Crippen LogP contribution in [-0.4, -0.2) is 29.9 Å². The molecule has 1 atom stereocenters. The molecular formula is C28H29N3O2. The van der Waals surface area contributed by atoms with E-state index < -0.39 is 5.41 Å². The van der Waals surface area contributed by atoms with Crippen molar-refractivity contribution in [2.45, 2.75) is 32.7 Å². The molecule has 5 heteroatoms. The van der Waals surface area contributed by atoms with Crippen LogP contribution in [0.4, 0.5) is 16.2 Å². The van der Waals surface area contributed by atoms with Gasteiger partial charge < -0.3 is 15.1 Å². The molecule has 1 unspecified atom stereocenters. The Bertz CT molecular complexity index is 1170. The van der Waals surface area contributed by atoms with Gasteiger partial charge in [0.1, 0.15) is 0 Å². The van der Waals surface area contributed by atoms with Gasteiger partial charge in [-0.1, -0.05) is 60.7 Å². The van der Waals surface area contributed by atoms with Gasteiger partial charge in [0.15, 0.2) is 0 Å². The minimum Gasteiger partial charge on any atom is -0.324 e. The van der Waals surface area contributed by atoms with Crippen LogP contribution >= 0.6 is 0 Å². The van der Waals surface area contributed by atoms with Gasteiger partial charge in [0, 0.05) is 24.5 Å². The molecular weight excluding hydrogens is 410 g/mol. The summed E-state index contributed by atoms with van der Waals surface area (Å²) in [4.78, 5) is 30.3. The molecule has 2 aliphatic heterocycles. The number of para-hydroxylation sites is 1. The van der Waals surface area contributed by atoms with Crippen molar-refractivity contribution in [2.24, 2.45) is 5.41 Å². The zero-order valence-electron chi connectivity index (χ0n) is 19.1. The van der Waals surface area contributed by atoms with Crippen molar-refractivity contribution in [3.05, 3.63) is 95.6 Å². The van der Waals surface area contributed by atoms with Crippen molar-refractivity contribution >= 4 is 23.3 Å². The average molecular weight is 440 g/mol. The van der Waals surface area contributed by atoms with E-state index in [-0.39, 0.29) is 18.0 Å². The van der Waals surface area contributed by atoms with Crippen LogP contribution < -0.4 is 10.2 Å². The molecule has 2 fully saturated rings. The van der Waals surface area contributed by atoms with E-state index in [1.165, 1.54) is 0 Å². The van der Waals surface area contributed by atoms with Crippen molar-refractivity contribution in [2.75, 3.05) is 23.3 Å². The maximum atomic E-state index is 13.6. The third-order valence-corrected chi connectivity index (χ3v) is 7.15. The van der Waals surface area contributed by atoms with E-state index in [1.54, 1.807) is 0 Å². The number of nitrogens with one attached hydrogen (secondary N) is 1. The predicted octanol–water partition coefficient (Wildman–Crippen LogP) is 5.71. The van der Waals surface area contributed by atoms with E-state index in [9.17, 15) is 9.59 Å². The Balaban J connectivity index is 1.36. The highest BCUT2D eigenvalue weighted by molar-refractivity contribution is 6.06. The zero-order chi connectivity index (χ0) is 23.0. The normalized spacial score (nSPS) is 19.3. The number of piperidine rings is 1. The van der Waals surface area contributed by atoms with Crippen LogP contribution in [0, 0.1) is 19.3 Å². The molecule has 0 radical (unpaired) electrons. The van der Waals surface area contributed by atoms with Crippen LogP contribution in [-0.2, 0) is 4.79 Å². The van der Waals surface area contributed by atoms with Gasteiger partial charge in [-0.2, -0.15) is 0 Å². The number of anilines is 2. The molecule has 3 amide bonds. The van der Waals surface area contributed by atoms with E-state index in [4.69, 9.17) is 0 Å². The molecule has 0 aliphatic carbocycles. The van der Waals surface area contributed by atoms with Crippen molar-refractivity contribution < 1.29 is 9.59 Å². The number of amides is 3. The molecule has 33 heavy (non-hydrogen) atoms. The Kier molecular flexibility index (Phi) is 5.41. The summed E-state index contributed by atoms with van der Waals surface area (Å²) in [5.41, 5.74) is 4.61. The summed E-state index contributed by atoms with van der Waals surface area (Å²) < 4.78 is 0. The number of carbonyl (C=O) groups excluding carboxylic acids is 2. The highest BCUT2D eigenvalue weighted by Gasteiger charge is 2.62. The smallest absolute Gasteiger partial charge is 0.321 e. The van der Waals surface area contributed by atoms with E-state index >= 15 is 0 Å². The summed E-state index contributed by atoms with van der Waals surface area (Å²) in [7, 11) is 0. The molecule has 1 spiro atoms. The number of nitrogens with zero attached hydrogens (tertiary/aromatic N) is 2. The Morgan fingerprint density at radius 3 is 2.21 bits per heavy atom. The third-order valence-electron chi connectivity index (χ3n) is 7.15. The molecule has 168 valence electrons. The van der Waals surface area contributed by atoms with Gasteiger partial charge in [0.05, 0.1) is 11.5 Å². The number of likely N-dealkylation sites (tertiary alicyclic amines) is 1. The average Bonchev–Trinajstić information content (AvgIpc) is 2.85. The van der Waals surface area contributed by atoms with Crippen molar-refractivity contribution in [1.29, 1.82) is 0 Å². The summed E-state index contributed by atoms with van der Waals surface area (Å²) in [6.45, 7) is 5.14. The second kappa shape index (κ2) is 8.39. The van der Waals surface area contributed by atoms with Gasteiger partial charge in [-0.05, 0) is 61.6 Å². The maximum Gasteiger partial charge on any atom is 0.321 e. The van der Waals surface area contributed by atoms with E-state index in [2.05, 4.69) is 17.4 Å². The lowest BCUT2D eigenvalue weighted by atomic mass is 9.62. The summed E-state index contributed by atoms with van der Waals surface area (Å²) in [5, 5.41) is 3.06. The minimum absolute atomic E-state index is 0.0159. The summed E-state index contributed by atoms with van der Waals surface area (Å²) in [6.07, 6.45) is 1.32. The monoisotopic (exact) mass is 439 g/mol. The van der Waals surface area contributed by atoms with Gasteiger partial charge in [-0.25, -0.2) is 4.79 Å². The fourth-order valence-electron chi connectivity index (χ4n) is 5.27. The second-order valence-electron chi connectivity index (χ2n) is 9.22. The second-order valence-corrected chi connectivity index (χ2v) is 9.22. The number of rotatable bonds is 3. The number of carbonyl (C=O) groups is 2. The first-order valence-corrected chi connectivity index (χ1v) is 11.6. The van der Waals surface area contributed by atoms with Crippen molar-refractivity contribution in [3.8, 4) is 0 Å². The zero-order valence-corrected chi connectivity index (χ0v) is 19.1. The number of hydrogen-bond donors (Lipinski definition) is 1. The fourth-order valence-corrected chi connectivity index (χ4v) is 5.27. The largest absolute Gasteiger partial charge is 0.324 e. The number of hydrogen-bond acceptors (Lipinski definition) is 2. The van der Waals surface area contributed by atoms with Crippen LogP contribution in [0.3, 0.4) is 0 Å². The van der Waals surface area contributed by atoms with E-state index in [0.717, 1.165) is 28.1 Å². The van der Waals surface area contributed by atoms with Crippen LogP contribution in [0.2, 0.25) is 0 Å². The molecule has 2 saturated heterocycles. The molecule has 0 bridgehead atoms. The number of β-lactam (4-membered cyclic amide) rings is 1. The van der Waals surface area contributed by atoms with Crippen molar-refractivity contribution in [3.63, 3.8) is 0 Å². The Hall–Kier alpha value is -3.60. The maximum absolute atomic E-state index is 13.6. The van der Waals surface area contributed by atoms with Crippen LogP contribution in [0.25, 0.3) is 0 Å². The minimum atomic E-state index is -0.465.